The van der Waals surface area contributed by atoms with Crippen LogP contribution in [0.15, 0.2) is 34.9 Å². The van der Waals surface area contributed by atoms with Crippen molar-refractivity contribution in [1.29, 1.82) is 0 Å². The van der Waals surface area contributed by atoms with Gasteiger partial charge < -0.3 is 5.32 Å². The van der Waals surface area contributed by atoms with Crippen LogP contribution in [0.1, 0.15) is 25.7 Å². The molecule has 0 saturated carbocycles. The molecule has 1 N–H and O–H groups in total. The summed E-state index contributed by atoms with van der Waals surface area (Å²) >= 11 is 3.64. The molecule has 4 rings (SSSR count). The van der Waals surface area contributed by atoms with E-state index in [4.69, 9.17) is 0 Å². The van der Waals surface area contributed by atoms with Gasteiger partial charge in [0, 0.05) is 40.1 Å². The monoisotopic (exact) mass is 345 g/mol. The number of nitrogens with one attached hydrogen (secondary N) is 1. The van der Waals surface area contributed by atoms with Gasteiger partial charge in [0.2, 0.25) is 0 Å². The Bertz CT molecular complexity index is 658. The van der Waals surface area contributed by atoms with Gasteiger partial charge in [-0.15, -0.1) is 0 Å². The summed E-state index contributed by atoms with van der Waals surface area (Å²) in [5.74, 6) is 1.03. The second kappa shape index (κ2) is 5.58. The van der Waals surface area contributed by atoms with Gasteiger partial charge in [-0.1, -0.05) is 34.5 Å². The molecule has 1 aromatic heterocycles. The number of anilines is 1. The SMILES string of the molecule is Brc1cccc2c(NC3CCN4CCCCC34)nccc12. The Balaban J connectivity index is 1.64. The van der Waals surface area contributed by atoms with E-state index in [0.29, 0.717) is 12.1 Å². The van der Waals surface area contributed by atoms with Crippen LogP contribution >= 0.6 is 15.9 Å². The molecule has 21 heavy (non-hydrogen) atoms. The minimum Gasteiger partial charge on any atom is -0.365 e. The summed E-state index contributed by atoms with van der Waals surface area (Å²) in [5, 5.41) is 6.18. The van der Waals surface area contributed by atoms with E-state index < -0.39 is 0 Å². The Morgan fingerprint density at radius 1 is 1.10 bits per heavy atom. The summed E-state index contributed by atoms with van der Waals surface area (Å²) in [5.41, 5.74) is 0. The van der Waals surface area contributed by atoms with Crippen molar-refractivity contribution in [2.75, 3.05) is 18.4 Å². The fourth-order valence-corrected chi connectivity index (χ4v) is 4.37. The van der Waals surface area contributed by atoms with Crippen molar-refractivity contribution in [1.82, 2.24) is 9.88 Å². The number of rotatable bonds is 2. The zero-order valence-electron chi connectivity index (χ0n) is 12.1. The largest absolute Gasteiger partial charge is 0.365 e. The number of aromatic nitrogens is 1. The Kier molecular flexibility index (Phi) is 3.59. The van der Waals surface area contributed by atoms with Gasteiger partial charge in [0.25, 0.3) is 0 Å². The molecule has 0 amide bonds. The molecule has 2 unspecified atom stereocenters. The first-order chi connectivity index (χ1) is 10.3. The number of fused-ring (bicyclic) bond motifs is 2. The first-order valence-corrected chi connectivity index (χ1v) is 8.66. The van der Waals surface area contributed by atoms with Crippen LogP contribution in [0.3, 0.4) is 0 Å². The van der Waals surface area contributed by atoms with E-state index in [9.17, 15) is 0 Å². The van der Waals surface area contributed by atoms with Crippen LogP contribution in [0.5, 0.6) is 0 Å². The number of piperidine rings is 1. The highest BCUT2D eigenvalue weighted by molar-refractivity contribution is 9.10. The summed E-state index contributed by atoms with van der Waals surface area (Å²) in [6.45, 7) is 2.51. The number of halogens is 1. The lowest BCUT2D eigenvalue weighted by atomic mass is 9.99. The van der Waals surface area contributed by atoms with Gasteiger partial charge in [0.15, 0.2) is 0 Å². The summed E-state index contributed by atoms with van der Waals surface area (Å²) in [4.78, 5) is 7.25. The van der Waals surface area contributed by atoms with E-state index in [1.807, 2.05) is 6.20 Å². The summed E-state index contributed by atoms with van der Waals surface area (Å²) in [6.07, 6.45) is 7.20. The molecule has 2 aromatic rings. The van der Waals surface area contributed by atoms with Gasteiger partial charge in [-0.05, 0) is 37.9 Å². The number of pyridine rings is 1. The lowest BCUT2D eigenvalue weighted by Crippen LogP contribution is -2.41. The van der Waals surface area contributed by atoms with E-state index in [-0.39, 0.29) is 0 Å². The molecule has 0 spiro atoms. The molecule has 2 atom stereocenters. The number of hydrogen-bond acceptors (Lipinski definition) is 3. The number of hydrogen-bond donors (Lipinski definition) is 1. The Morgan fingerprint density at radius 2 is 2.05 bits per heavy atom. The van der Waals surface area contributed by atoms with Gasteiger partial charge in [0.1, 0.15) is 5.82 Å². The number of benzene rings is 1. The third kappa shape index (κ3) is 2.44. The molecule has 3 heterocycles. The van der Waals surface area contributed by atoms with Gasteiger partial charge in [0.05, 0.1) is 0 Å². The van der Waals surface area contributed by atoms with Crippen LogP contribution in [0.2, 0.25) is 0 Å². The number of nitrogens with zero attached hydrogens (tertiary/aromatic N) is 2. The molecule has 3 nitrogen and oxygen atoms in total. The molecule has 2 fully saturated rings. The summed E-state index contributed by atoms with van der Waals surface area (Å²) in [6, 6.07) is 9.64. The lowest BCUT2D eigenvalue weighted by molar-refractivity contribution is 0.192. The van der Waals surface area contributed by atoms with Crippen molar-refractivity contribution in [2.45, 2.75) is 37.8 Å². The van der Waals surface area contributed by atoms with Gasteiger partial charge in [-0.3, -0.25) is 4.90 Å². The standard InChI is InChI=1S/C17H20BrN3/c18-14-5-3-4-13-12(14)7-9-19-17(13)20-15-8-11-21-10-2-1-6-16(15)21/h3-5,7,9,15-16H,1-2,6,8,10-11H2,(H,19,20). The molecule has 110 valence electrons. The van der Waals surface area contributed by atoms with E-state index >= 15 is 0 Å². The van der Waals surface area contributed by atoms with Crippen LogP contribution < -0.4 is 5.32 Å². The van der Waals surface area contributed by atoms with Crippen LogP contribution in [0.4, 0.5) is 5.82 Å². The maximum Gasteiger partial charge on any atom is 0.134 e. The first-order valence-electron chi connectivity index (χ1n) is 7.87. The van der Waals surface area contributed by atoms with Crippen molar-refractivity contribution in [3.05, 3.63) is 34.9 Å². The first kappa shape index (κ1) is 13.5. The Hall–Kier alpha value is -1.13. The molecule has 2 saturated heterocycles. The van der Waals surface area contributed by atoms with Crippen LogP contribution in [0.25, 0.3) is 10.8 Å². The predicted octanol–water partition coefficient (Wildman–Crippen LogP) is 4.04. The van der Waals surface area contributed by atoms with Crippen molar-refractivity contribution in [2.24, 2.45) is 0 Å². The average molecular weight is 346 g/mol. The molecular formula is C17H20BrN3. The maximum absolute atomic E-state index is 4.60. The maximum atomic E-state index is 4.60. The molecule has 0 bridgehead atoms. The predicted molar refractivity (Wildman–Crippen MR) is 90.7 cm³/mol. The van der Waals surface area contributed by atoms with Crippen molar-refractivity contribution < 1.29 is 0 Å². The quantitative estimate of drug-likeness (QED) is 0.890. The highest BCUT2D eigenvalue weighted by atomic mass is 79.9. The Morgan fingerprint density at radius 3 is 3.00 bits per heavy atom. The molecular weight excluding hydrogens is 326 g/mol. The van der Waals surface area contributed by atoms with Crippen molar-refractivity contribution in [3.63, 3.8) is 0 Å². The Labute approximate surface area is 133 Å². The van der Waals surface area contributed by atoms with Crippen molar-refractivity contribution >= 4 is 32.5 Å². The minimum atomic E-state index is 0.544. The fourth-order valence-electron chi connectivity index (χ4n) is 3.88. The topological polar surface area (TPSA) is 28.2 Å². The second-order valence-corrected chi connectivity index (χ2v) is 6.99. The lowest BCUT2D eigenvalue weighted by Gasteiger charge is -2.32. The van der Waals surface area contributed by atoms with Crippen molar-refractivity contribution in [3.8, 4) is 0 Å². The van der Waals surface area contributed by atoms with E-state index in [2.05, 4.69) is 55.4 Å². The molecule has 0 radical (unpaired) electrons. The van der Waals surface area contributed by atoms with E-state index in [0.717, 1.165) is 10.3 Å². The summed E-state index contributed by atoms with van der Waals surface area (Å²) in [7, 11) is 0. The van der Waals surface area contributed by atoms with Gasteiger partial charge in [-0.25, -0.2) is 4.98 Å². The van der Waals surface area contributed by atoms with Crippen LogP contribution in [0, 0.1) is 0 Å². The molecule has 1 aromatic carbocycles. The van der Waals surface area contributed by atoms with E-state index in [1.165, 1.54) is 49.5 Å². The second-order valence-electron chi connectivity index (χ2n) is 6.13. The fraction of sp³-hybridized carbons (Fsp3) is 0.471. The zero-order chi connectivity index (χ0) is 14.2. The smallest absolute Gasteiger partial charge is 0.134 e. The van der Waals surface area contributed by atoms with Gasteiger partial charge in [-0.2, -0.15) is 0 Å². The molecule has 2 aliphatic rings. The molecule has 0 aliphatic carbocycles. The van der Waals surface area contributed by atoms with Crippen LogP contribution in [-0.2, 0) is 0 Å². The normalized spacial score (nSPS) is 26.0. The summed E-state index contributed by atoms with van der Waals surface area (Å²) < 4.78 is 1.14. The highest BCUT2D eigenvalue weighted by Gasteiger charge is 2.35. The third-order valence-electron chi connectivity index (χ3n) is 4.93. The van der Waals surface area contributed by atoms with Crippen LogP contribution in [-0.4, -0.2) is 35.1 Å². The zero-order valence-corrected chi connectivity index (χ0v) is 13.6. The minimum absolute atomic E-state index is 0.544. The third-order valence-corrected chi connectivity index (χ3v) is 5.62. The van der Waals surface area contributed by atoms with E-state index in [1.54, 1.807) is 0 Å². The molecule has 4 heteroatoms. The highest BCUT2D eigenvalue weighted by Crippen LogP contribution is 2.32. The van der Waals surface area contributed by atoms with Gasteiger partial charge >= 0.3 is 0 Å². The average Bonchev–Trinajstić information content (AvgIpc) is 2.92. The molecule has 2 aliphatic heterocycles.